The number of fused-ring (bicyclic) bond motifs is 1. The van der Waals surface area contributed by atoms with E-state index in [9.17, 15) is 0 Å². The third kappa shape index (κ3) is 5.86. The van der Waals surface area contributed by atoms with Crippen LogP contribution in [0.5, 0.6) is 17.2 Å². The fourth-order valence-electron chi connectivity index (χ4n) is 1.73. The average Bonchev–Trinajstić information content (AvgIpc) is 2.91. The minimum absolute atomic E-state index is 0. The van der Waals surface area contributed by atoms with Crippen LogP contribution >= 0.6 is 24.0 Å². The van der Waals surface area contributed by atoms with E-state index in [0.717, 1.165) is 36.6 Å². The molecule has 0 saturated heterocycles. The van der Waals surface area contributed by atoms with Crippen molar-refractivity contribution in [2.24, 2.45) is 10.7 Å². The second-order valence-electron chi connectivity index (χ2n) is 4.41. The van der Waals surface area contributed by atoms with E-state index in [1.54, 1.807) is 0 Å². The van der Waals surface area contributed by atoms with Crippen LogP contribution in [0.15, 0.2) is 23.2 Å². The number of nitrogens with one attached hydrogen (secondary N) is 1. The first kappa shape index (κ1) is 17.7. The van der Waals surface area contributed by atoms with Gasteiger partial charge in [0.05, 0.1) is 6.54 Å². The minimum Gasteiger partial charge on any atom is -0.492 e. The van der Waals surface area contributed by atoms with Gasteiger partial charge >= 0.3 is 0 Å². The zero-order chi connectivity index (χ0) is 14.2. The maximum atomic E-state index is 5.71. The van der Waals surface area contributed by atoms with Crippen molar-refractivity contribution in [3.63, 3.8) is 0 Å². The summed E-state index contributed by atoms with van der Waals surface area (Å²) >= 11 is 0. The maximum absolute atomic E-state index is 5.71. The van der Waals surface area contributed by atoms with Crippen LogP contribution in [0, 0.1) is 0 Å². The lowest BCUT2D eigenvalue weighted by molar-refractivity contribution is 0.173. The summed E-state index contributed by atoms with van der Waals surface area (Å²) in [4.78, 5) is 4.20. The molecule has 0 radical (unpaired) electrons. The van der Waals surface area contributed by atoms with Crippen molar-refractivity contribution in [2.75, 3.05) is 26.5 Å². The van der Waals surface area contributed by atoms with Gasteiger partial charge in [0.2, 0.25) is 6.79 Å². The molecule has 1 aromatic carbocycles. The van der Waals surface area contributed by atoms with Gasteiger partial charge in [-0.1, -0.05) is 13.3 Å². The first-order valence-corrected chi connectivity index (χ1v) is 6.86. The third-order valence-corrected chi connectivity index (χ3v) is 2.81. The van der Waals surface area contributed by atoms with Crippen molar-refractivity contribution in [1.82, 2.24) is 5.32 Å². The molecule has 0 bridgehead atoms. The molecule has 3 N–H and O–H groups in total. The molecule has 1 aromatic rings. The summed E-state index contributed by atoms with van der Waals surface area (Å²) in [6.07, 6.45) is 2.17. The molecule has 0 amide bonds. The SMILES string of the molecule is CCCCN=C(N)NCCOc1ccc2c(c1)OCO2.I. The summed E-state index contributed by atoms with van der Waals surface area (Å²) in [7, 11) is 0. The summed E-state index contributed by atoms with van der Waals surface area (Å²) < 4.78 is 16.1. The molecule has 1 heterocycles. The molecule has 0 aliphatic carbocycles. The number of hydrogen-bond donors (Lipinski definition) is 2. The van der Waals surface area contributed by atoms with Crippen LogP contribution in [0.25, 0.3) is 0 Å². The molecule has 0 saturated carbocycles. The van der Waals surface area contributed by atoms with E-state index < -0.39 is 0 Å². The Labute approximate surface area is 142 Å². The second-order valence-corrected chi connectivity index (χ2v) is 4.41. The van der Waals surface area contributed by atoms with E-state index in [-0.39, 0.29) is 30.8 Å². The van der Waals surface area contributed by atoms with Gasteiger partial charge in [-0.25, -0.2) is 0 Å². The van der Waals surface area contributed by atoms with E-state index in [4.69, 9.17) is 19.9 Å². The highest BCUT2D eigenvalue weighted by molar-refractivity contribution is 14.0. The summed E-state index contributed by atoms with van der Waals surface area (Å²) in [6, 6.07) is 5.51. The molecule has 1 aliphatic heterocycles. The van der Waals surface area contributed by atoms with E-state index in [0.29, 0.717) is 19.1 Å². The standard InChI is InChI=1S/C14H21N3O3.HI/c1-2-3-6-16-14(15)17-7-8-18-11-4-5-12-13(9-11)20-10-19-12;/h4-5,9H,2-3,6-8,10H2,1H3,(H3,15,16,17);1H. The molecular formula is C14H22IN3O3. The van der Waals surface area contributed by atoms with E-state index in [2.05, 4.69) is 17.2 Å². The molecule has 1 aliphatic rings. The lowest BCUT2D eigenvalue weighted by atomic mass is 10.3. The van der Waals surface area contributed by atoms with Crippen molar-refractivity contribution in [1.29, 1.82) is 0 Å². The molecule has 2 rings (SSSR count). The first-order valence-electron chi connectivity index (χ1n) is 6.86. The number of nitrogens with zero attached hydrogens (tertiary/aromatic N) is 1. The highest BCUT2D eigenvalue weighted by atomic mass is 127. The van der Waals surface area contributed by atoms with Crippen molar-refractivity contribution in [3.8, 4) is 17.2 Å². The molecule has 21 heavy (non-hydrogen) atoms. The number of unbranched alkanes of at least 4 members (excludes halogenated alkanes) is 1. The van der Waals surface area contributed by atoms with Crippen LogP contribution in [-0.4, -0.2) is 32.4 Å². The predicted molar refractivity (Wildman–Crippen MR) is 92.9 cm³/mol. The Morgan fingerprint density at radius 2 is 2.19 bits per heavy atom. The van der Waals surface area contributed by atoms with Crippen molar-refractivity contribution in [2.45, 2.75) is 19.8 Å². The highest BCUT2D eigenvalue weighted by Gasteiger charge is 2.13. The smallest absolute Gasteiger partial charge is 0.231 e. The van der Waals surface area contributed by atoms with Crippen LogP contribution < -0.4 is 25.3 Å². The van der Waals surface area contributed by atoms with E-state index >= 15 is 0 Å². The van der Waals surface area contributed by atoms with Crippen LogP contribution in [0.4, 0.5) is 0 Å². The topological polar surface area (TPSA) is 78.1 Å². The lowest BCUT2D eigenvalue weighted by Crippen LogP contribution is -2.34. The molecular weight excluding hydrogens is 385 g/mol. The monoisotopic (exact) mass is 407 g/mol. The van der Waals surface area contributed by atoms with Gasteiger partial charge in [0.1, 0.15) is 12.4 Å². The number of rotatable bonds is 7. The Kier molecular flexibility index (Phi) is 8.03. The van der Waals surface area contributed by atoms with Gasteiger partial charge in [-0.15, -0.1) is 24.0 Å². The molecule has 118 valence electrons. The Bertz CT molecular complexity index is 469. The second kappa shape index (κ2) is 9.54. The van der Waals surface area contributed by atoms with Crippen LogP contribution in [0.2, 0.25) is 0 Å². The lowest BCUT2D eigenvalue weighted by Gasteiger charge is -2.08. The van der Waals surface area contributed by atoms with Gasteiger partial charge in [0.15, 0.2) is 17.5 Å². The molecule has 0 atom stereocenters. The molecule has 0 unspecified atom stereocenters. The van der Waals surface area contributed by atoms with Gasteiger partial charge in [0.25, 0.3) is 0 Å². The van der Waals surface area contributed by atoms with Crippen molar-refractivity contribution in [3.05, 3.63) is 18.2 Å². The Morgan fingerprint density at radius 1 is 1.38 bits per heavy atom. The zero-order valence-corrected chi connectivity index (χ0v) is 14.5. The number of aliphatic imine (C=N–C) groups is 1. The Balaban J connectivity index is 0.00000220. The fraction of sp³-hybridized carbons (Fsp3) is 0.500. The summed E-state index contributed by atoms with van der Waals surface area (Å²) in [5.74, 6) is 2.68. The third-order valence-electron chi connectivity index (χ3n) is 2.81. The van der Waals surface area contributed by atoms with Crippen molar-refractivity contribution < 1.29 is 14.2 Å². The number of guanidine groups is 1. The predicted octanol–water partition coefficient (Wildman–Crippen LogP) is 2.12. The first-order chi connectivity index (χ1) is 9.79. The normalized spacial score (nSPS) is 12.7. The average molecular weight is 407 g/mol. The number of ether oxygens (including phenoxy) is 3. The number of benzene rings is 1. The van der Waals surface area contributed by atoms with Crippen LogP contribution in [-0.2, 0) is 0 Å². The summed E-state index contributed by atoms with van der Waals surface area (Å²) in [5.41, 5.74) is 5.71. The van der Waals surface area contributed by atoms with Gasteiger partial charge in [-0.2, -0.15) is 0 Å². The van der Waals surface area contributed by atoms with Gasteiger partial charge < -0.3 is 25.3 Å². The molecule has 6 nitrogen and oxygen atoms in total. The minimum atomic E-state index is 0. The summed E-state index contributed by atoms with van der Waals surface area (Å²) in [5, 5.41) is 3.01. The fourth-order valence-corrected chi connectivity index (χ4v) is 1.73. The molecule has 0 aromatic heterocycles. The van der Waals surface area contributed by atoms with Gasteiger partial charge in [-0.05, 0) is 18.6 Å². The van der Waals surface area contributed by atoms with E-state index in [1.807, 2.05) is 18.2 Å². The van der Waals surface area contributed by atoms with Crippen LogP contribution in [0.1, 0.15) is 19.8 Å². The molecule has 7 heteroatoms. The van der Waals surface area contributed by atoms with Gasteiger partial charge in [-0.3, -0.25) is 4.99 Å². The zero-order valence-electron chi connectivity index (χ0n) is 12.1. The summed E-state index contributed by atoms with van der Waals surface area (Å²) in [6.45, 7) is 4.27. The Hall–Kier alpha value is -1.38. The van der Waals surface area contributed by atoms with Crippen molar-refractivity contribution >= 4 is 29.9 Å². The maximum Gasteiger partial charge on any atom is 0.231 e. The highest BCUT2D eigenvalue weighted by Crippen LogP contribution is 2.34. The van der Waals surface area contributed by atoms with E-state index in [1.165, 1.54) is 0 Å². The van der Waals surface area contributed by atoms with Gasteiger partial charge in [0, 0.05) is 12.6 Å². The Morgan fingerprint density at radius 3 is 3.00 bits per heavy atom. The van der Waals surface area contributed by atoms with Crippen LogP contribution in [0.3, 0.4) is 0 Å². The molecule has 0 spiro atoms. The number of halogens is 1. The number of nitrogens with two attached hydrogens (primary N) is 1. The molecule has 0 fully saturated rings. The quantitative estimate of drug-likeness (QED) is 0.313. The number of hydrogen-bond acceptors (Lipinski definition) is 4. The largest absolute Gasteiger partial charge is 0.492 e.